The maximum Gasteiger partial charge on any atom is 0.282 e. The molecule has 0 unspecified atom stereocenters. The van der Waals surface area contributed by atoms with Crippen molar-refractivity contribution in [1.29, 1.82) is 0 Å². The van der Waals surface area contributed by atoms with Gasteiger partial charge in [-0.25, -0.2) is 0 Å². The lowest BCUT2D eigenvalue weighted by molar-refractivity contribution is -0.874. The van der Waals surface area contributed by atoms with E-state index in [1.165, 1.54) is 5.56 Å². The first kappa shape index (κ1) is 27.4. The topological polar surface area (TPSA) is 60.9 Å². The van der Waals surface area contributed by atoms with Gasteiger partial charge in [0.15, 0.2) is 13.1 Å². The van der Waals surface area contributed by atoms with Crippen molar-refractivity contribution in [3.63, 3.8) is 0 Å². The Bertz CT molecular complexity index is 1330. The predicted octanol–water partition coefficient (Wildman–Crippen LogP) is 0.279. The minimum Gasteiger partial charge on any atom is -1.00 e. The number of amides is 3. The highest BCUT2D eigenvalue weighted by atomic mass is 35.5. The van der Waals surface area contributed by atoms with Crippen molar-refractivity contribution in [2.75, 3.05) is 61.5 Å². The van der Waals surface area contributed by atoms with Gasteiger partial charge in [0.05, 0.1) is 14.1 Å². The fraction of sp³-hybridized carbons (Fsp3) is 0.300. The Morgan fingerprint density at radius 2 is 1.21 bits per heavy atom. The fourth-order valence-electron chi connectivity index (χ4n) is 5.31. The first-order chi connectivity index (χ1) is 17.8. The number of hydrogen-bond acceptors (Lipinski definition) is 3. The molecular formula is C30H33ClN4O3. The molecule has 0 atom stereocenters. The van der Waals surface area contributed by atoms with Gasteiger partial charge in [0.1, 0.15) is 6.54 Å². The van der Waals surface area contributed by atoms with E-state index in [0.717, 1.165) is 29.8 Å². The standard InChI is InChI=1S/C30H33N4O3.ClH/c1-34(2,21-29(36)32-19-17-24-11-7-9-15-27(24)32)22-30(37)33(25-12-4-3-5-13-25)20-28(35)31-18-16-23-10-6-8-14-26(23)31;/h3-15H,16-22H2,1-2H3;1H/q+1;/p-1. The van der Waals surface area contributed by atoms with Crippen molar-refractivity contribution in [2.45, 2.75) is 12.8 Å². The number of hydrogen-bond donors (Lipinski definition) is 0. The van der Waals surface area contributed by atoms with E-state index < -0.39 is 0 Å². The van der Waals surface area contributed by atoms with Crippen molar-refractivity contribution in [2.24, 2.45) is 0 Å². The number of likely N-dealkylation sites (N-methyl/N-ethyl adjacent to an activating group) is 1. The zero-order valence-corrected chi connectivity index (χ0v) is 22.6. The summed E-state index contributed by atoms with van der Waals surface area (Å²) in [5, 5.41) is 0. The molecular weight excluding hydrogens is 500 g/mol. The molecule has 0 N–H and O–H groups in total. The summed E-state index contributed by atoms with van der Waals surface area (Å²) >= 11 is 0. The monoisotopic (exact) mass is 532 g/mol. The molecule has 3 aromatic rings. The molecule has 0 aliphatic carbocycles. The van der Waals surface area contributed by atoms with E-state index in [1.807, 2.05) is 91.8 Å². The maximum absolute atomic E-state index is 13.7. The van der Waals surface area contributed by atoms with Gasteiger partial charge in [-0.15, -0.1) is 0 Å². The Balaban J connectivity index is 0.00000336. The molecule has 0 radical (unpaired) electrons. The molecule has 7 nitrogen and oxygen atoms in total. The number of rotatable bonds is 7. The van der Waals surface area contributed by atoms with Crippen LogP contribution in [0.15, 0.2) is 78.9 Å². The third-order valence-electron chi connectivity index (χ3n) is 7.17. The molecule has 38 heavy (non-hydrogen) atoms. The zero-order valence-electron chi connectivity index (χ0n) is 21.8. The summed E-state index contributed by atoms with van der Waals surface area (Å²) < 4.78 is 0.195. The van der Waals surface area contributed by atoms with Crippen LogP contribution < -0.4 is 27.1 Å². The second kappa shape index (κ2) is 11.4. The Kier molecular flexibility index (Phi) is 8.19. The molecule has 3 amide bonds. The quantitative estimate of drug-likeness (QED) is 0.411. The minimum atomic E-state index is -0.188. The van der Waals surface area contributed by atoms with Crippen molar-refractivity contribution in [1.82, 2.24) is 0 Å². The van der Waals surface area contributed by atoms with Crippen LogP contribution in [-0.4, -0.2) is 69.0 Å². The molecule has 2 aliphatic heterocycles. The number of nitrogens with zero attached hydrogens (tertiary/aromatic N) is 4. The Hall–Kier alpha value is -3.68. The van der Waals surface area contributed by atoms with Crippen LogP contribution in [0.25, 0.3) is 0 Å². The van der Waals surface area contributed by atoms with Crippen LogP contribution in [0, 0.1) is 0 Å². The van der Waals surface area contributed by atoms with Gasteiger partial charge in [0.25, 0.3) is 11.8 Å². The van der Waals surface area contributed by atoms with Crippen molar-refractivity contribution in [3.8, 4) is 0 Å². The number of benzene rings is 3. The summed E-state index contributed by atoms with van der Waals surface area (Å²) in [5.41, 5.74) is 4.87. The summed E-state index contributed by atoms with van der Waals surface area (Å²) in [6.45, 7) is 1.51. The number of carbonyl (C=O) groups is 3. The van der Waals surface area contributed by atoms with Crippen molar-refractivity contribution >= 4 is 34.8 Å². The molecule has 0 fully saturated rings. The fourth-order valence-corrected chi connectivity index (χ4v) is 5.31. The largest absolute Gasteiger partial charge is 1.00 e. The van der Waals surface area contributed by atoms with E-state index in [1.54, 1.807) is 9.80 Å². The van der Waals surface area contributed by atoms with Gasteiger partial charge >= 0.3 is 0 Å². The van der Waals surface area contributed by atoms with Crippen LogP contribution in [0.4, 0.5) is 17.1 Å². The van der Waals surface area contributed by atoms with Crippen molar-refractivity contribution < 1.29 is 31.3 Å². The number of carbonyl (C=O) groups excluding carboxylic acids is 3. The highest BCUT2D eigenvalue weighted by Crippen LogP contribution is 2.29. The third kappa shape index (κ3) is 5.74. The Labute approximate surface area is 230 Å². The van der Waals surface area contributed by atoms with Gasteiger partial charge in [-0.1, -0.05) is 54.6 Å². The highest BCUT2D eigenvalue weighted by molar-refractivity contribution is 6.05. The SMILES string of the molecule is C[N+](C)(CC(=O)N(CC(=O)N1CCc2ccccc21)c1ccccc1)CC(=O)N1CCc2ccccc21.[Cl-]. The lowest BCUT2D eigenvalue weighted by Gasteiger charge is -2.33. The van der Waals surface area contributed by atoms with Crippen LogP contribution in [-0.2, 0) is 27.2 Å². The molecule has 5 rings (SSSR count). The van der Waals surface area contributed by atoms with E-state index >= 15 is 0 Å². The maximum atomic E-state index is 13.7. The summed E-state index contributed by atoms with van der Waals surface area (Å²) in [6.07, 6.45) is 1.66. The van der Waals surface area contributed by atoms with Gasteiger partial charge < -0.3 is 26.7 Å². The first-order valence-electron chi connectivity index (χ1n) is 12.8. The number of quaternary nitrogens is 1. The second-order valence-corrected chi connectivity index (χ2v) is 10.4. The predicted molar refractivity (Wildman–Crippen MR) is 146 cm³/mol. The van der Waals surface area contributed by atoms with Crippen LogP contribution >= 0.6 is 0 Å². The minimum absolute atomic E-state index is 0. The van der Waals surface area contributed by atoms with E-state index in [4.69, 9.17) is 0 Å². The molecule has 0 saturated heterocycles. The number of halogens is 1. The summed E-state index contributed by atoms with van der Waals surface area (Å²) in [7, 11) is 3.78. The molecule has 0 bridgehead atoms. The third-order valence-corrected chi connectivity index (χ3v) is 7.17. The van der Waals surface area contributed by atoms with Crippen LogP contribution in [0.1, 0.15) is 11.1 Å². The van der Waals surface area contributed by atoms with Gasteiger partial charge in [0, 0.05) is 30.2 Å². The molecule has 198 valence electrons. The van der Waals surface area contributed by atoms with Crippen molar-refractivity contribution in [3.05, 3.63) is 90.0 Å². The van der Waals surface area contributed by atoms with Gasteiger partial charge in [0.2, 0.25) is 5.91 Å². The van der Waals surface area contributed by atoms with Gasteiger partial charge in [-0.2, -0.15) is 0 Å². The van der Waals surface area contributed by atoms with Gasteiger partial charge in [-0.05, 0) is 48.2 Å². The summed E-state index contributed by atoms with van der Waals surface area (Å²) in [5.74, 6) is -0.303. The van der Waals surface area contributed by atoms with Crippen LogP contribution in [0.3, 0.4) is 0 Å². The summed E-state index contributed by atoms with van der Waals surface area (Å²) in [4.78, 5) is 45.5. The molecule has 0 aromatic heterocycles. The van der Waals surface area contributed by atoms with E-state index in [9.17, 15) is 14.4 Å². The molecule has 8 heteroatoms. The lowest BCUT2D eigenvalue weighted by Crippen LogP contribution is -3.00. The van der Waals surface area contributed by atoms with Gasteiger partial charge in [-0.3, -0.25) is 19.3 Å². The van der Waals surface area contributed by atoms with E-state index in [-0.39, 0.29) is 54.2 Å². The molecule has 2 aliphatic rings. The molecule has 0 spiro atoms. The Morgan fingerprint density at radius 1 is 0.711 bits per heavy atom. The van der Waals surface area contributed by atoms with Crippen LogP contribution in [0.2, 0.25) is 0 Å². The first-order valence-corrected chi connectivity index (χ1v) is 12.8. The van der Waals surface area contributed by atoms with E-state index in [0.29, 0.717) is 18.8 Å². The summed E-state index contributed by atoms with van der Waals surface area (Å²) in [6, 6.07) is 25.2. The number of fused-ring (bicyclic) bond motifs is 2. The lowest BCUT2D eigenvalue weighted by atomic mass is 10.2. The number of anilines is 3. The number of para-hydroxylation sites is 3. The second-order valence-electron chi connectivity index (χ2n) is 10.4. The highest BCUT2D eigenvalue weighted by Gasteiger charge is 2.34. The zero-order chi connectivity index (χ0) is 26.0. The van der Waals surface area contributed by atoms with Crippen LogP contribution in [0.5, 0.6) is 0 Å². The molecule has 0 saturated carbocycles. The average molecular weight is 533 g/mol. The Morgan fingerprint density at radius 3 is 1.79 bits per heavy atom. The average Bonchev–Trinajstić information content (AvgIpc) is 3.52. The molecule has 2 heterocycles. The van der Waals surface area contributed by atoms with E-state index in [2.05, 4.69) is 6.07 Å². The molecule has 3 aromatic carbocycles. The normalized spacial score (nSPS) is 13.9. The smallest absolute Gasteiger partial charge is 0.282 e.